The molecular weight excluding hydrogens is 296 g/mol. The zero-order valence-corrected chi connectivity index (χ0v) is 14.7. The zero-order chi connectivity index (χ0) is 16.6. The van der Waals surface area contributed by atoms with E-state index in [0.717, 1.165) is 55.1 Å². The largest absolute Gasteiger partial charge is 0.496 e. The van der Waals surface area contributed by atoms with Crippen molar-refractivity contribution in [3.8, 4) is 11.8 Å². The first kappa shape index (κ1) is 16.0. The van der Waals surface area contributed by atoms with Crippen molar-refractivity contribution in [2.75, 3.05) is 20.2 Å². The smallest absolute Gasteiger partial charge is 0.123 e. The first-order valence-corrected chi connectivity index (χ1v) is 9.53. The Labute approximate surface area is 145 Å². The molecule has 24 heavy (non-hydrogen) atoms. The molecule has 3 fully saturated rings. The average Bonchev–Trinajstić information content (AvgIpc) is 2.99. The minimum absolute atomic E-state index is 0.378. The van der Waals surface area contributed by atoms with Crippen molar-refractivity contribution in [1.29, 1.82) is 5.26 Å². The van der Waals surface area contributed by atoms with E-state index < -0.39 is 0 Å². The number of para-hydroxylation sites is 1. The van der Waals surface area contributed by atoms with Crippen LogP contribution in [0.25, 0.3) is 0 Å². The van der Waals surface area contributed by atoms with Crippen LogP contribution in [0.5, 0.6) is 5.75 Å². The maximum Gasteiger partial charge on any atom is 0.123 e. The second-order valence-corrected chi connectivity index (χ2v) is 8.10. The maximum atomic E-state index is 9.98. The lowest BCUT2D eigenvalue weighted by Crippen LogP contribution is -2.48. The highest BCUT2D eigenvalue weighted by Crippen LogP contribution is 2.46. The van der Waals surface area contributed by atoms with Crippen molar-refractivity contribution >= 4 is 0 Å². The summed E-state index contributed by atoms with van der Waals surface area (Å²) >= 11 is 0. The van der Waals surface area contributed by atoms with Crippen LogP contribution in [0, 0.1) is 23.2 Å². The lowest BCUT2D eigenvalue weighted by Gasteiger charge is -2.44. The van der Waals surface area contributed by atoms with Gasteiger partial charge in [-0.15, -0.1) is 0 Å². The van der Waals surface area contributed by atoms with Crippen molar-refractivity contribution in [2.45, 2.75) is 56.4 Å². The van der Waals surface area contributed by atoms with E-state index in [-0.39, 0.29) is 5.41 Å². The molecule has 3 aliphatic rings. The molecule has 0 radical (unpaired) electrons. The summed E-state index contributed by atoms with van der Waals surface area (Å²) in [4.78, 5) is 2.69. The predicted molar refractivity (Wildman–Crippen MR) is 94.9 cm³/mol. The lowest BCUT2D eigenvalue weighted by molar-refractivity contribution is 0.0866. The number of piperidine rings is 1. The second-order valence-electron chi connectivity index (χ2n) is 8.10. The Morgan fingerprint density at radius 3 is 2.38 bits per heavy atom. The Morgan fingerprint density at radius 2 is 1.75 bits per heavy atom. The van der Waals surface area contributed by atoms with Gasteiger partial charge < -0.3 is 9.64 Å². The van der Waals surface area contributed by atoms with Crippen LogP contribution in [0.3, 0.4) is 0 Å². The van der Waals surface area contributed by atoms with E-state index in [1.807, 2.05) is 18.2 Å². The molecule has 4 rings (SSSR count). The molecule has 1 saturated heterocycles. The molecule has 1 aromatic carbocycles. The van der Waals surface area contributed by atoms with E-state index in [0.29, 0.717) is 0 Å². The summed E-state index contributed by atoms with van der Waals surface area (Å²) in [5.41, 5.74) is 0.704. The van der Waals surface area contributed by atoms with Gasteiger partial charge in [0.05, 0.1) is 18.6 Å². The molecule has 3 heteroatoms. The number of ether oxygens (including phenoxy) is 1. The Hall–Kier alpha value is -1.53. The summed E-state index contributed by atoms with van der Waals surface area (Å²) in [5.74, 6) is 2.82. The van der Waals surface area contributed by atoms with E-state index in [4.69, 9.17) is 4.74 Å². The molecule has 0 spiro atoms. The van der Waals surface area contributed by atoms with Crippen LogP contribution in [0.2, 0.25) is 0 Å². The van der Waals surface area contributed by atoms with Gasteiger partial charge in [0, 0.05) is 24.7 Å². The number of nitrogens with zero attached hydrogens (tertiary/aromatic N) is 2. The lowest BCUT2D eigenvalue weighted by atomic mass is 9.72. The van der Waals surface area contributed by atoms with Crippen molar-refractivity contribution in [3.63, 3.8) is 0 Å². The van der Waals surface area contributed by atoms with Crippen LogP contribution in [-0.4, -0.2) is 31.1 Å². The first-order valence-electron chi connectivity index (χ1n) is 9.53. The molecule has 0 aromatic heterocycles. The number of fused-ring (bicyclic) bond motifs is 2. The van der Waals surface area contributed by atoms with Gasteiger partial charge in [-0.25, -0.2) is 0 Å². The van der Waals surface area contributed by atoms with E-state index in [1.54, 1.807) is 7.11 Å². The Morgan fingerprint density at radius 1 is 1.08 bits per heavy atom. The molecule has 0 amide bonds. The molecule has 2 bridgehead atoms. The van der Waals surface area contributed by atoms with Gasteiger partial charge in [0.1, 0.15) is 5.75 Å². The Bertz CT molecular complexity index is 615. The van der Waals surface area contributed by atoms with Crippen LogP contribution < -0.4 is 4.74 Å². The number of benzene rings is 1. The normalized spacial score (nSPS) is 32.2. The van der Waals surface area contributed by atoms with Gasteiger partial charge >= 0.3 is 0 Å². The molecule has 3 nitrogen and oxygen atoms in total. The highest BCUT2D eigenvalue weighted by atomic mass is 16.5. The van der Waals surface area contributed by atoms with Gasteiger partial charge in [-0.05, 0) is 50.0 Å². The molecule has 1 aliphatic heterocycles. The van der Waals surface area contributed by atoms with E-state index in [2.05, 4.69) is 17.0 Å². The van der Waals surface area contributed by atoms with E-state index in [1.165, 1.54) is 32.1 Å². The summed E-state index contributed by atoms with van der Waals surface area (Å²) in [7, 11) is 1.71. The topological polar surface area (TPSA) is 36.3 Å². The highest BCUT2D eigenvalue weighted by Gasteiger charge is 2.42. The molecule has 1 heterocycles. The number of methoxy groups -OCH3 is 1. The van der Waals surface area contributed by atoms with Gasteiger partial charge in [-0.1, -0.05) is 31.0 Å². The number of hydrogen-bond donors (Lipinski definition) is 0. The minimum atomic E-state index is -0.378. The third kappa shape index (κ3) is 2.71. The van der Waals surface area contributed by atoms with Crippen LogP contribution in [0.4, 0.5) is 0 Å². The van der Waals surface area contributed by atoms with Crippen LogP contribution in [0.1, 0.15) is 50.5 Å². The fourth-order valence-electron chi connectivity index (χ4n) is 5.52. The Balaban J connectivity index is 1.49. The fourth-order valence-corrected chi connectivity index (χ4v) is 5.52. The molecule has 2 unspecified atom stereocenters. The Kier molecular flexibility index (Phi) is 4.26. The standard InChI is InChI=1S/C21H28N2O/c1-24-20-5-3-2-4-19(20)21(15-22)8-10-23(11-9-21)18-13-16-6-7-17(12-16)14-18/h2-5,16-18H,6-14H2,1H3. The van der Waals surface area contributed by atoms with Gasteiger partial charge in [-0.3, -0.25) is 0 Å². The highest BCUT2D eigenvalue weighted by molar-refractivity contribution is 5.44. The second kappa shape index (κ2) is 6.41. The summed E-state index contributed by atoms with van der Waals surface area (Å²) in [6.45, 7) is 2.10. The van der Waals surface area contributed by atoms with Crippen molar-refractivity contribution in [2.24, 2.45) is 11.8 Å². The number of nitriles is 1. The van der Waals surface area contributed by atoms with Gasteiger partial charge in [-0.2, -0.15) is 5.26 Å². The number of hydrogen-bond acceptors (Lipinski definition) is 3. The van der Waals surface area contributed by atoms with Gasteiger partial charge in [0.15, 0.2) is 0 Å². The molecule has 2 atom stereocenters. The number of likely N-dealkylation sites (tertiary alicyclic amines) is 1. The summed E-state index contributed by atoms with van der Waals surface area (Å²) < 4.78 is 5.54. The van der Waals surface area contributed by atoms with E-state index in [9.17, 15) is 5.26 Å². The summed E-state index contributed by atoms with van der Waals surface area (Å²) in [6, 6.07) is 11.5. The third-order valence-electron chi connectivity index (χ3n) is 6.87. The third-order valence-corrected chi connectivity index (χ3v) is 6.87. The van der Waals surface area contributed by atoms with Gasteiger partial charge in [0.2, 0.25) is 0 Å². The van der Waals surface area contributed by atoms with Gasteiger partial charge in [0.25, 0.3) is 0 Å². The monoisotopic (exact) mass is 324 g/mol. The van der Waals surface area contributed by atoms with Crippen LogP contribution in [0.15, 0.2) is 24.3 Å². The first-order chi connectivity index (χ1) is 11.7. The zero-order valence-electron chi connectivity index (χ0n) is 14.7. The number of rotatable bonds is 3. The predicted octanol–water partition coefficient (Wildman–Crippen LogP) is 4.13. The molecule has 1 aromatic rings. The minimum Gasteiger partial charge on any atom is -0.496 e. The van der Waals surface area contributed by atoms with Crippen molar-refractivity contribution < 1.29 is 4.74 Å². The van der Waals surface area contributed by atoms with Crippen molar-refractivity contribution in [3.05, 3.63) is 29.8 Å². The van der Waals surface area contributed by atoms with Crippen LogP contribution in [-0.2, 0) is 5.41 Å². The SMILES string of the molecule is COc1ccccc1C1(C#N)CCN(C2CC3CCC(C3)C2)CC1. The molecule has 128 valence electrons. The summed E-state index contributed by atoms with van der Waals surface area (Å²) in [5, 5.41) is 9.98. The molecule has 2 saturated carbocycles. The van der Waals surface area contributed by atoms with Crippen LogP contribution >= 0.6 is 0 Å². The fraction of sp³-hybridized carbons (Fsp3) is 0.667. The summed E-state index contributed by atoms with van der Waals surface area (Å²) in [6.07, 6.45) is 9.03. The molecule has 0 N–H and O–H groups in total. The van der Waals surface area contributed by atoms with E-state index >= 15 is 0 Å². The molecule has 2 aliphatic carbocycles. The van der Waals surface area contributed by atoms with Crippen molar-refractivity contribution in [1.82, 2.24) is 4.90 Å². The maximum absolute atomic E-state index is 9.98. The average molecular weight is 324 g/mol. The molecular formula is C21H28N2O. The quantitative estimate of drug-likeness (QED) is 0.839.